The van der Waals surface area contributed by atoms with E-state index in [1.165, 1.54) is 51.4 Å². The second-order valence-corrected chi connectivity index (χ2v) is 13.4. The number of halogens is 1. The standard InChI is InChI=1S/C23H37NO4.C13H19BrO/c1-5-6-7-8-9-18-27-20-12-10-19(11-13-20)23(26)14-16-24(17-15-23)21(25)28-22(2,3)4;1-2-3-4-5-6-11-15-13-9-7-12(14)8-10-13/h10-13,26H,5-9,14-18H2,1-4H3;7-10H,2-6,11H2,1H3. The van der Waals surface area contributed by atoms with Crippen molar-refractivity contribution in [3.63, 3.8) is 0 Å². The first-order valence-corrected chi connectivity index (χ1v) is 17.2. The van der Waals surface area contributed by atoms with Crippen molar-refractivity contribution in [2.24, 2.45) is 0 Å². The number of piperidine rings is 1. The zero-order valence-corrected chi connectivity index (χ0v) is 28.9. The minimum Gasteiger partial charge on any atom is -0.494 e. The predicted molar refractivity (Wildman–Crippen MR) is 180 cm³/mol. The summed E-state index contributed by atoms with van der Waals surface area (Å²) in [7, 11) is 0. The maximum atomic E-state index is 12.2. The largest absolute Gasteiger partial charge is 0.494 e. The Morgan fingerprint density at radius 3 is 1.65 bits per heavy atom. The van der Waals surface area contributed by atoms with E-state index in [0.29, 0.717) is 25.9 Å². The van der Waals surface area contributed by atoms with E-state index >= 15 is 0 Å². The second-order valence-electron chi connectivity index (χ2n) is 12.5. The Labute approximate surface area is 269 Å². The van der Waals surface area contributed by atoms with Crippen molar-refractivity contribution < 1.29 is 24.1 Å². The summed E-state index contributed by atoms with van der Waals surface area (Å²) >= 11 is 3.40. The molecule has 0 bridgehead atoms. The second kappa shape index (κ2) is 19.9. The first-order valence-electron chi connectivity index (χ1n) is 16.4. The minimum atomic E-state index is -0.906. The Balaban J connectivity index is 0.000000362. The molecule has 1 amide bonds. The highest BCUT2D eigenvalue weighted by atomic mass is 79.9. The Morgan fingerprint density at radius 2 is 1.21 bits per heavy atom. The Morgan fingerprint density at radius 1 is 0.767 bits per heavy atom. The molecular formula is C36H56BrNO5. The zero-order chi connectivity index (χ0) is 31.6. The first-order chi connectivity index (χ1) is 20.6. The summed E-state index contributed by atoms with van der Waals surface area (Å²) in [5.41, 5.74) is -0.528. The van der Waals surface area contributed by atoms with Gasteiger partial charge in [0.25, 0.3) is 0 Å². The molecule has 1 heterocycles. The van der Waals surface area contributed by atoms with Gasteiger partial charge in [-0.05, 0) is 88.4 Å². The van der Waals surface area contributed by atoms with Crippen LogP contribution in [0.2, 0.25) is 0 Å². The molecular weight excluding hydrogens is 606 g/mol. The van der Waals surface area contributed by atoms with E-state index in [4.69, 9.17) is 14.2 Å². The number of aliphatic hydroxyl groups is 1. The molecule has 1 aliphatic rings. The van der Waals surface area contributed by atoms with E-state index in [9.17, 15) is 9.90 Å². The molecule has 7 heteroatoms. The van der Waals surface area contributed by atoms with Gasteiger partial charge in [0.15, 0.2) is 0 Å². The van der Waals surface area contributed by atoms with Gasteiger partial charge in [-0.15, -0.1) is 0 Å². The molecule has 3 rings (SSSR count). The molecule has 43 heavy (non-hydrogen) atoms. The highest BCUT2D eigenvalue weighted by Gasteiger charge is 2.36. The van der Waals surface area contributed by atoms with Crippen LogP contribution in [0.4, 0.5) is 4.79 Å². The van der Waals surface area contributed by atoms with Gasteiger partial charge in [0.05, 0.1) is 18.8 Å². The molecule has 0 unspecified atom stereocenters. The van der Waals surface area contributed by atoms with Gasteiger partial charge in [-0.1, -0.05) is 93.3 Å². The molecule has 0 spiro atoms. The van der Waals surface area contributed by atoms with E-state index < -0.39 is 11.2 Å². The number of amides is 1. The summed E-state index contributed by atoms with van der Waals surface area (Å²) in [5, 5.41) is 11.0. The van der Waals surface area contributed by atoms with Gasteiger partial charge in [-0.3, -0.25) is 0 Å². The van der Waals surface area contributed by atoms with Gasteiger partial charge in [0.1, 0.15) is 17.1 Å². The molecule has 0 aromatic heterocycles. The van der Waals surface area contributed by atoms with Crippen molar-refractivity contribution in [1.29, 1.82) is 0 Å². The first kappa shape index (κ1) is 36.9. The van der Waals surface area contributed by atoms with Crippen LogP contribution >= 0.6 is 15.9 Å². The third-order valence-corrected chi connectivity index (χ3v) is 8.01. The zero-order valence-electron chi connectivity index (χ0n) is 27.3. The third-order valence-electron chi connectivity index (χ3n) is 7.48. The molecule has 0 aliphatic carbocycles. The maximum Gasteiger partial charge on any atom is 0.410 e. The van der Waals surface area contributed by atoms with Gasteiger partial charge in [0, 0.05) is 17.6 Å². The highest BCUT2D eigenvalue weighted by Crippen LogP contribution is 2.34. The predicted octanol–water partition coefficient (Wildman–Crippen LogP) is 10.1. The SMILES string of the molecule is CCCCCCCOc1ccc(Br)cc1.CCCCCCCOc1ccc(C2(O)CCN(C(=O)OC(C)(C)C)CC2)cc1. The van der Waals surface area contributed by atoms with E-state index in [1.54, 1.807) is 4.90 Å². The van der Waals surface area contributed by atoms with Gasteiger partial charge in [-0.2, -0.15) is 0 Å². The van der Waals surface area contributed by atoms with Crippen molar-refractivity contribution in [2.45, 2.75) is 123 Å². The number of rotatable bonds is 15. The van der Waals surface area contributed by atoms with Crippen LogP contribution in [-0.4, -0.2) is 48.0 Å². The van der Waals surface area contributed by atoms with E-state index in [2.05, 4.69) is 29.8 Å². The monoisotopic (exact) mass is 661 g/mol. The molecule has 242 valence electrons. The van der Waals surface area contributed by atoms with Gasteiger partial charge < -0.3 is 24.2 Å². The fraction of sp³-hybridized carbons (Fsp3) is 0.639. The smallest absolute Gasteiger partial charge is 0.410 e. The third kappa shape index (κ3) is 15.3. The van der Waals surface area contributed by atoms with Crippen LogP contribution in [0, 0.1) is 0 Å². The summed E-state index contributed by atoms with van der Waals surface area (Å²) in [6.07, 6.45) is 13.2. The molecule has 0 atom stereocenters. The van der Waals surface area contributed by atoms with Crippen molar-refractivity contribution >= 4 is 22.0 Å². The summed E-state index contributed by atoms with van der Waals surface area (Å²) in [5.74, 6) is 1.81. The fourth-order valence-electron chi connectivity index (χ4n) is 4.86. The molecule has 1 saturated heterocycles. The lowest BCUT2D eigenvalue weighted by molar-refractivity contribution is -0.0356. The average Bonchev–Trinajstić information content (AvgIpc) is 2.98. The Hall–Kier alpha value is -2.25. The highest BCUT2D eigenvalue weighted by molar-refractivity contribution is 9.10. The Bertz CT molecular complexity index is 1010. The Kier molecular flexibility index (Phi) is 17.1. The van der Waals surface area contributed by atoms with Crippen LogP contribution in [0.3, 0.4) is 0 Å². The number of carbonyl (C=O) groups is 1. The summed E-state index contributed by atoms with van der Waals surface area (Å²) in [6, 6.07) is 15.7. The summed E-state index contributed by atoms with van der Waals surface area (Å²) < 4.78 is 17.9. The topological polar surface area (TPSA) is 68.2 Å². The van der Waals surface area contributed by atoms with E-state index in [0.717, 1.165) is 47.6 Å². The summed E-state index contributed by atoms with van der Waals surface area (Å²) in [4.78, 5) is 13.9. The van der Waals surface area contributed by atoms with Crippen molar-refractivity contribution in [2.75, 3.05) is 26.3 Å². The number of hydrogen-bond acceptors (Lipinski definition) is 5. The van der Waals surface area contributed by atoms with Crippen LogP contribution in [0.1, 0.15) is 117 Å². The van der Waals surface area contributed by atoms with Gasteiger partial charge in [-0.25, -0.2) is 4.79 Å². The fourth-order valence-corrected chi connectivity index (χ4v) is 5.12. The van der Waals surface area contributed by atoms with Crippen LogP contribution in [0.25, 0.3) is 0 Å². The summed E-state index contributed by atoms with van der Waals surface area (Å²) in [6.45, 7) is 12.6. The minimum absolute atomic E-state index is 0.308. The number of ether oxygens (including phenoxy) is 3. The molecule has 1 N–H and O–H groups in total. The molecule has 0 saturated carbocycles. The lowest BCUT2D eigenvalue weighted by Gasteiger charge is -2.39. The average molecular weight is 663 g/mol. The number of unbranched alkanes of at least 4 members (excludes halogenated alkanes) is 8. The van der Waals surface area contributed by atoms with E-state index in [1.807, 2.05) is 69.3 Å². The van der Waals surface area contributed by atoms with Crippen LogP contribution in [0.15, 0.2) is 53.0 Å². The van der Waals surface area contributed by atoms with E-state index in [-0.39, 0.29) is 6.09 Å². The molecule has 1 aliphatic heterocycles. The molecule has 2 aromatic rings. The number of carbonyl (C=O) groups excluding carboxylic acids is 1. The van der Waals surface area contributed by atoms with Crippen LogP contribution in [0.5, 0.6) is 11.5 Å². The molecule has 2 aromatic carbocycles. The molecule has 6 nitrogen and oxygen atoms in total. The van der Waals surface area contributed by atoms with Crippen molar-refractivity contribution in [3.8, 4) is 11.5 Å². The quantitative estimate of drug-likeness (QED) is 0.192. The van der Waals surface area contributed by atoms with Crippen molar-refractivity contribution in [1.82, 2.24) is 4.90 Å². The normalized spacial score (nSPS) is 14.4. The number of hydrogen-bond donors (Lipinski definition) is 1. The van der Waals surface area contributed by atoms with Crippen molar-refractivity contribution in [3.05, 3.63) is 58.6 Å². The number of nitrogens with zero attached hydrogens (tertiary/aromatic N) is 1. The van der Waals surface area contributed by atoms with Crippen LogP contribution in [-0.2, 0) is 10.3 Å². The van der Waals surface area contributed by atoms with Gasteiger partial charge in [0.2, 0.25) is 0 Å². The number of likely N-dealkylation sites (tertiary alicyclic amines) is 1. The van der Waals surface area contributed by atoms with Gasteiger partial charge >= 0.3 is 6.09 Å². The number of benzene rings is 2. The van der Waals surface area contributed by atoms with Crippen LogP contribution < -0.4 is 9.47 Å². The lowest BCUT2D eigenvalue weighted by Crippen LogP contribution is -2.46. The lowest BCUT2D eigenvalue weighted by atomic mass is 9.84. The molecule has 1 fully saturated rings. The maximum absolute atomic E-state index is 12.2. The molecule has 0 radical (unpaired) electrons.